The number of hydrogen-bond acceptors (Lipinski definition) is 4. The summed E-state index contributed by atoms with van der Waals surface area (Å²) >= 11 is 0. The van der Waals surface area contributed by atoms with Crippen molar-refractivity contribution < 1.29 is 14.3 Å². The summed E-state index contributed by atoms with van der Waals surface area (Å²) in [6.45, 7) is 2.51. The first-order valence-electron chi connectivity index (χ1n) is 9.93. The van der Waals surface area contributed by atoms with Crippen molar-refractivity contribution >= 4 is 5.91 Å². The fraction of sp³-hybridized carbons (Fsp3) is 0.304. The van der Waals surface area contributed by atoms with Crippen LogP contribution in [-0.4, -0.2) is 34.8 Å². The van der Waals surface area contributed by atoms with Gasteiger partial charge in [-0.1, -0.05) is 30.3 Å². The van der Waals surface area contributed by atoms with Crippen molar-refractivity contribution in [3.05, 3.63) is 83.9 Å². The molecule has 3 aromatic rings. The number of carbonyl (C=O) groups excluding carboxylic acids is 1. The molecule has 6 nitrogen and oxygen atoms in total. The molecule has 0 bridgehead atoms. The van der Waals surface area contributed by atoms with Gasteiger partial charge in [0.2, 0.25) is 0 Å². The van der Waals surface area contributed by atoms with Crippen molar-refractivity contribution in [2.45, 2.75) is 32.0 Å². The Balaban J connectivity index is 1.35. The van der Waals surface area contributed by atoms with Crippen LogP contribution in [0.15, 0.2) is 67.3 Å². The minimum absolute atomic E-state index is 0.120. The molecule has 1 amide bonds. The molecule has 1 saturated heterocycles. The molecule has 2 aromatic carbocycles. The summed E-state index contributed by atoms with van der Waals surface area (Å²) in [5.74, 6) is 0.568. The number of nitrogens with one attached hydrogen (secondary N) is 1. The number of benzene rings is 2. The lowest BCUT2D eigenvalue weighted by Crippen LogP contribution is -2.23. The van der Waals surface area contributed by atoms with Crippen molar-refractivity contribution in [1.82, 2.24) is 14.9 Å². The first-order chi connectivity index (χ1) is 14.3. The number of imidazole rings is 1. The van der Waals surface area contributed by atoms with E-state index in [0.717, 1.165) is 37.1 Å². The number of aromatic nitrogens is 2. The average molecular weight is 391 g/mol. The second kappa shape index (κ2) is 9.39. The van der Waals surface area contributed by atoms with E-state index in [1.54, 1.807) is 24.7 Å². The molecule has 4 rings (SSSR count). The molecular weight excluding hydrogens is 366 g/mol. The van der Waals surface area contributed by atoms with Gasteiger partial charge in [-0.05, 0) is 42.2 Å². The van der Waals surface area contributed by atoms with E-state index >= 15 is 0 Å². The van der Waals surface area contributed by atoms with Gasteiger partial charge in [-0.2, -0.15) is 0 Å². The third-order valence-corrected chi connectivity index (χ3v) is 5.03. The zero-order valence-electron chi connectivity index (χ0n) is 16.3. The van der Waals surface area contributed by atoms with Crippen molar-refractivity contribution in [2.75, 3.05) is 13.2 Å². The molecule has 0 aliphatic carbocycles. The van der Waals surface area contributed by atoms with E-state index in [4.69, 9.17) is 9.47 Å². The highest BCUT2D eigenvalue weighted by Gasteiger charge is 2.16. The van der Waals surface area contributed by atoms with Crippen LogP contribution in [0.25, 0.3) is 0 Å². The third kappa shape index (κ3) is 5.23. The molecule has 1 fully saturated rings. The lowest BCUT2D eigenvalue weighted by atomic mass is 10.1. The second-order valence-electron chi connectivity index (χ2n) is 7.16. The average Bonchev–Trinajstić information content (AvgIpc) is 3.46. The number of hydrogen-bond donors (Lipinski definition) is 1. The maximum atomic E-state index is 12.7. The molecule has 0 spiro atoms. The number of carbonyl (C=O) groups is 1. The summed E-state index contributed by atoms with van der Waals surface area (Å²) in [7, 11) is 0. The summed E-state index contributed by atoms with van der Waals surface area (Å²) < 4.78 is 13.4. The molecule has 0 unspecified atom stereocenters. The van der Waals surface area contributed by atoms with E-state index < -0.39 is 0 Å². The summed E-state index contributed by atoms with van der Waals surface area (Å²) in [4.78, 5) is 16.7. The van der Waals surface area contributed by atoms with E-state index in [1.807, 2.05) is 41.1 Å². The van der Waals surface area contributed by atoms with Gasteiger partial charge < -0.3 is 19.4 Å². The maximum absolute atomic E-state index is 12.7. The van der Waals surface area contributed by atoms with Crippen LogP contribution in [0.2, 0.25) is 0 Å². The van der Waals surface area contributed by atoms with Crippen LogP contribution in [0.4, 0.5) is 0 Å². The molecule has 150 valence electrons. The van der Waals surface area contributed by atoms with E-state index in [2.05, 4.69) is 16.4 Å². The van der Waals surface area contributed by atoms with Gasteiger partial charge in [0, 0.05) is 37.7 Å². The molecule has 0 radical (unpaired) electrons. The normalized spacial score (nSPS) is 15.9. The Morgan fingerprint density at radius 3 is 2.90 bits per heavy atom. The minimum Gasteiger partial charge on any atom is -0.491 e. The van der Waals surface area contributed by atoms with Gasteiger partial charge in [-0.25, -0.2) is 4.98 Å². The van der Waals surface area contributed by atoms with Crippen LogP contribution in [0.3, 0.4) is 0 Å². The van der Waals surface area contributed by atoms with Crippen molar-refractivity contribution in [1.29, 1.82) is 0 Å². The van der Waals surface area contributed by atoms with E-state index in [9.17, 15) is 4.79 Å². The first kappa shape index (κ1) is 19.2. The van der Waals surface area contributed by atoms with Crippen molar-refractivity contribution in [2.24, 2.45) is 0 Å². The Hall–Kier alpha value is -3.12. The zero-order chi connectivity index (χ0) is 19.9. The Labute approximate surface area is 170 Å². The van der Waals surface area contributed by atoms with Gasteiger partial charge in [-0.3, -0.25) is 4.79 Å². The monoisotopic (exact) mass is 391 g/mol. The van der Waals surface area contributed by atoms with Crippen LogP contribution in [0.1, 0.15) is 34.3 Å². The third-order valence-electron chi connectivity index (χ3n) is 5.03. The van der Waals surface area contributed by atoms with Gasteiger partial charge in [0.15, 0.2) is 0 Å². The second-order valence-corrected chi connectivity index (χ2v) is 7.16. The molecule has 1 aliphatic heterocycles. The van der Waals surface area contributed by atoms with Gasteiger partial charge in [0.05, 0.1) is 12.4 Å². The quantitative estimate of drug-likeness (QED) is 0.639. The van der Waals surface area contributed by atoms with Crippen molar-refractivity contribution in [3.8, 4) is 5.75 Å². The van der Waals surface area contributed by atoms with Gasteiger partial charge in [0.25, 0.3) is 5.91 Å². The molecule has 2 heterocycles. The fourth-order valence-corrected chi connectivity index (χ4v) is 3.43. The smallest absolute Gasteiger partial charge is 0.251 e. The lowest BCUT2D eigenvalue weighted by molar-refractivity contribution is 0.0679. The number of amides is 1. The molecule has 0 saturated carbocycles. The molecule has 6 heteroatoms. The molecule has 1 atom stereocenters. The molecule has 1 N–H and O–H groups in total. The van der Waals surface area contributed by atoms with Crippen LogP contribution in [-0.2, 0) is 17.8 Å². The molecule has 1 aromatic heterocycles. The predicted octanol–water partition coefficient (Wildman–Crippen LogP) is 3.42. The summed E-state index contributed by atoms with van der Waals surface area (Å²) in [6.07, 6.45) is 7.74. The SMILES string of the molecule is O=C(NCc1ccccc1Cn1ccnc1)c1cccc(OC[C@H]2CCCO2)c1. The van der Waals surface area contributed by atoms with Crippen LogP contribution >= 0.6 is 0 Å². The largest absolute Gasteiger partial charge is 0.491 e. The Morgan fingerprint density at radius 2 is 2.10 bits per heavy atom. The highest BCUT2D eigenvalue weighted by molar-refractivity contribution is 5.94. The highest BCUT2D eigenvalue weighted by Crippen LogP contribution is 2.18. The fourth-order valence-electron chi connectivity index (χ4n) is 3.43. The van der Waals surface area contributed by atoms with Gasteiger partial charge in [0.1, 0.15) is 12.4 Å². The zero-order valence-corrected chi connectivity index (χ0v) is 16.3. The number of nitrogens with zero attached hydrogens (tertiary/aromatic N) is 2. The summed E-state index contributed by atoms with van der Waals surface area (Å²) in [6, 6.07) is 15.4. The van der Waals surface area contributed by atoms with E-state index in [-0.39, 0.29) is 12.0 Å². The molecule has 1 aliphatic rings. The lowest BCUT2D eigenvalue weighted by Gasteiger charge is -2.13. The maximum Gasteiger partial charge on any atom is 0.251 e. The number of rotatable bonds is 8. The standard InChI is InChI=1S/C23H25N3O3/c27-23(18-7-3-8-21(13-18)29-16-22-9-4-12-28-22)25-14-19-5-1-2-6-20(19)15-26-11-10-24-17-26/h1-3,5-8,10-11,13,17,22H,4,9,12,14-16H2,(H,25,27)/t22-/m1/s1. The van der Waals surface area contributed by atoms with E-state index in [1.165, 1.54) is 0 Å². The minimum atomic E-state index is -0.120. The van der Waals surface area contributed by atoms with E-state index in [0.29, 0.717) is 24.5 Å². The van der Waals surface area contributed by atoms with Crippen LogP contribution in [0.5, 0.6) is 5.75 Å². The predicted molar refractivity (Wildman–Crippen MR) is 110 cm³/mol. The topological polar surface area (TPSA) is 65.4 Å². The summed E-state index contributed by atoms with van der Waals surface area (Å²) in [5.41, 5.74) is 2.82. The molecule has 29 heavy (non-hydrogen) atoms. The Morgan fingerprint density at radius 1 is 1.21 bits per heavy atom. The first-order valence-corrected chi connectivity index (χ1v) is 9.93. The molecular formula is C23H25N3O3. The Kier molecular flexibility index (Phi) is 6.22. The Bertz CT molecular complexity index is 934. The number of ether oxygens (including phenoxy) is 2. The van der Waals surface area contributed by atoms with Gasteiger partial charge >= 0.3 is 0 Å². The van der Waals surface area contributed by atoms with Crippen LogP contribution < -0.4 is 10.1 Å². The van der Waals surface area contributed by atoms with Gasteiger partial charge in [-0.15, -0.1) is 0 Å². The van der Waals surface area contributed by atoms with Crippen LogP contribution in [0, 0.1) is 0 Å². The highest BCUT2D eigenvalue weighted by atomic mass is 16.5. The summed E-state index contributed by atoms with van der Waals surface area (Å²) in [5, 5.41) is 3.02. The van der Waals surface area contributed by atoms with Crippen molar-refractivity contribution in [3.63, 3.8) is 0 Å².